The zero-order valence-electron chi connectivity index (χ0n) is 13.1. The van der Waals surface area contributed by atoms with Gasteiger partial charge in [-0.05, 0) is 43.9 Å². The van der Waals surface area contributed by atoms with Crippen molar-refractivity contribution < 1.29 is 14.3 Å². The summed E-state index contributed by atoms with van der Waals surface area (Å²) in [4.78, 5) is 12.4. The summed E-state index contributed by atoms with van der Waals surface area (Å²) in [5.74, 6) is 1.93. The van der Waals surface area contributed by atoms with Gasteiger partial charge < -0.3 is 14.8 Å². The van der Waals surface area contributed by atoms with Crippen LogP contribution in [0.2, 0.25) is 0 Å². The number of rotatable bonds is 5. The van der Waals surface area contributed by atoms with E-state index in [1.165, 1.54) is 12.8 Å². The standard InChI is InChI=1S/C17H25NO3/c1-4-21-16-11-13(8-9-15(16)20-3)17(19)18-14-7-5-6-12(2)10-14/h8-9,11-12,14H,4-7,10H2,1-3H3,(H,18,19). The van der Waals surface area contributed by atoms with E-state index in [0.717, 1.165) is 12.8 Å². The van der Waals surface area contributed by atoms with E-state index in [0.29, 0.717) is 35.6 Å². The summed E-state index contributed by atoms with van der Waals surface area (Å²) >= 11 is 0. The molecule has 1 N–H and O–H groups in total. The van der Waals surface area contributed by atoms with Crippen LogP contribution in [0.15, 0.2) is 18.2 Å². The second kappa shape index (κ2) is 7.34. The lowest BCUT2D eigenvalue weighted by Crippen LogP contribution is -2.37. The first kappa shape index (κ1) is 15.7. The summed E-state index contributed by atoms with van der Waals surface area (Å²) < 4.78 is 10.8. The van der Waals surface area contributed by atoms with E-state index in [2.05, 4.69) is 12.2 Å². The Morgan fingerprint density at radius 1 is 1.33 bits per heavy atom. The van der Waals surface area contributed by atoms with Gasteiger partial charge in [0.25, 0.3) is 5.91 Å². The number of hydrogen-bond donors (Lipinski definition) is 1. The van der Waals surface area contributed by atoms with Crippen molar-refractivity contribution in [2.75, 3.05) is 13.7 Å². The van der Waals surface area contributed by atoms with Gasteiger partial charge in [0.05, 0.1) is 13.7 Å². The molecule has 21 heavy (non-hydrogen) atoms. The third-order valence-corrected chi connectivity index (χ3v) is 4.00. The first-order valence-electron chi connectivity index (χ1n) is 7.75. The summed E-state index contributed by atoms with van der Waals surface area (Å²) in [6, 6.07) is 5.61. The fourth-order valence-corrected chi connectivity index (χ4v) is 2.92. The molecule has 1 aromatic carbocycles. The molecule has 1 aliphatic rings. The predicted molar refractivity (Wildman–Crippen MR) is 83.0 cm³/mol. The van der Waals surface area contributed by atoms with Crippen LogP contribution < -0.4 is 14.8 Å². The van der Waals surface area contributed by atoms with Gasteiger partial charge in [0.1, 0.15) is 0 Å². The zero-order chi connectivity index (χ0) is 15.2. The molecule has 116 valence electrons. The fourth-order valence-electron chi connectivity index (χ4n) is 2.92. The Bertz CT molecular complexity index is 487. The molecule has 4 heteroatoms. The smallest absolute Gasteiger partial charge is 0.251 e. The van der Waals surface area contributed by atoms with Crippen LogP contribution in [0.5, 0.6) is 11.5 Å². The fraction of sp³-hybridized carbons (Fsp3) is 0.588. The molecule has 0 bridgehead atoms. The van der Waals surface area contributed by atoms with Gasteiger partial charge in [-0.25, -0.2) is 0 Å². The Hall–Kier alpha value is -1.71. The van der Waals surface area contributed by atoms with Crippen molar-refractivity contribution >= 4 is 5.91 Å². The van der Waals surface area contributed by atoms with Crippen molar-refractivity contribution in [3.63, 3.8) is 0 Å². The van der Waals surface area contributed by atoms with Gasteiger partial charge in [-0.1, -0.05) is 19.8 Å². The number of hydrogen-bond acceptors (Lipinski definition) is 3. The maximum absolute atomic E-state index is 12.4. The number of amides is 1. The van der Waals surface area contributed by atoms with E-state index >= 15 is 0 Å². The van der Waals surface area contributed by atoms with Gasteiger partial charge in [0.2, 0.25) is 0 Å². The van der Waals surface area contributed by atoms with E-state index in [9.17, 15) is 4.79 Å². The number of nitrogens with one attached hydrogen (secondary N) is 1. The van der Waals surface area contributed by atoms with Crippen LogP contribution in [0, 0.1) is 5.92 Å². The molecule has 2 unspecified atom stereocenters. The number of benzene rings is 1. The second-order valence-electron chi connectivity index (χ2n) is 5.74. The molecule has 0 radical (unpaired) electrons. The molecule has 4 nitrogen and oxygen atoms in total. The minimum atomic E-state index is -0.0299. The molecule has 1 amide bonds. The van der Waals surface area contributed by atoms with Crippen LogP contribution in [0.3, 0.4) is 0 Å². The predicted octanol–water partition coefficient (Wildman–Crippen LogP) is 3.40. The number of ether oxygens (including phenoxy) is 2. The van der Waals surface area contributed by atoms with Crippen molar-refractivity contribution in [1.29, 1.82) is 0 Å². The van der Waals surface area contributed by atoms with Gasteiger partial charge in [0, 0.05) is 11.6 Å². The maximum atomic E-state index is 12.4. The highest BCUT2D eigenvalue weighted by molar-refractivity contribution is 5.95. The largest absolute Gasteiger partial charge is 0.493 e. The number of methoxy groups -OCH3 is 1. The molecule has 0 spiro atoms. The summed E-state index contributed by atoms with van der Waals surface area (Å²) in [7, 11) is 1.60. The lowest BCUT2D eigenvalue weighted by molar-refractivity contribution is 0.0921. The first-order chi connectivity index (χ1) is 10.1. The SMILES string of the molecule is CCOc1cc(C(=O)NC2CCCC(C)C2)ccc1OC. The van der Waals surface area contributed by atoms with Crippen LogP contribution in [0.1, 0.15) is 49.9 Å². The highest BCUT2D eigenvalue weighted by atomic mass is 16.5. The molecular formula is C17H25NO3. The van der Waals surface area contributed by atoms with Crippen LogP contribution in [-0.2, 0) is 0 Å². The second-order valence-corrected chi connectivity index (χ2v) is 5.74. The van der Waals surface area contributed by atoms with Crippen LogP contribution >= 0.6 is 0 Å². The molecule has 1 aliphatic carbocycles. The molecule has 1 aromatic rings. The average Bonchev–Trinajstić information content (AvgIpc) is 2.47. The molecule has 0 saturated heterocycles. The van der Waals surface area contributed by atoms with E-state index in [-0.39, 0.29) is 5.91 Å². The van der Waals surface area contributed by atoms with Crippen LogP contribution in [-0.4, -0.2) is 25.7 Å². The number of carbonyl (C=O) groups is 1. The van der Waals surface area contributed by atoms with Gasteiger partial charge in [0.15, 0.2) is 11.5 Å². The zero-order valence-corrected chi connectivity index (χ0v) is 13.1. The first-order valence-corrected chi connectivity index (χ1v) is 7.75. The van der Waals surface area contributed by atoms with Gasteiger partial charge >= 0.3 is 0 Å². The van der Waals surface area contributed by atoms with Crippen LogP contribution in [0.4, 0.5) is 0 Å². The highest BCUT2D eigenvalue weighted by Gasteiger charge is 2.21. The van der Waals surface area contributed by atoms with Gasteiger partial charge in [-0.3, -0.25) is 4.79 Å². The van der Waals surface area contributed by atoms with Crippen molar-refractivity contribution in [2.45, 2.75) is 45.6 Å². The van der Waals surface area contributed by atoms with Crippen molar-refractivity contribution in [1.82, 2.24) is 5.32 Å². The summed E-state index contributed by atoms with van der Waals surface area (Å²) in [6.07, 6.45) is 4.60. The van der Waals surface area contributed by atoms with Gasteiger partial charge in [-0.2, -0.15) is 0 Å². The summed E-state index contributed by atoms with van der Waals surface area (Å²) in [6.45, 7) is 4.70. The lowest BCUT2D eigenvalue weighted by atomic mass is 9.87. The quantitative estimate of drug-likeness (QED) is 0.904. The summed E-state index contributed by atoms with van der Waals surface area (Å²) in [5.41, 5.74) is 0.623. The third-order valence-electron chi connectivity index (χ3n) is 4.00. The minimum absolute atomic E-state index is 0.0299. The topological polar surface area (TPSA) is 47.6 Å². The third kappa shape index (κ3) is 4.13. The Morgan fingerprint density at radius 2 is 2.14 bits per heavy atom. The minimum Gasteiger partial charge on any atom is -0.493 e. The molecule has 1 saturated carbocycles. The molecule has 1 fully saturated rings. The van der Waals surface area contributed by atoms with Crippen LogP contribution in [0.25, 0.3) is 0 Å². The van der Waals surface area contributed by atoms with E-state index in [4.69, 9.17) is 9.47 Å². The Balaban J connectivity index is 2.06. The van der Waals surface area contributed by atoms with Crippen molar-refractivity contribution in [3.05, 3.63) is 23.8 Å². The molecule has 2 atom stereocenters. The Labute approximate surface area is 126 Å². The van der Waals surface area contributed by atoms with E-state index < -0.39 is 0 Å². The molecular weight excluding hydrogens is 266 g/mol. The lowest BCUT2D eigenvalue weighted by Gasteiger charge is -2.27. The number of carbonyl (C=O) groups excluding carboxylic acids is 1. The molecule has 2 rings (SSSR count). The normalized spacial score (nSPS) is 21.7. The van der Waals surface area contributed by atoms with Gasteiger partial charge in [-0.15, -0.1) is 0 Å². The Kier molecular flexibility index (Phi) is 5.48. The van der Waals surface area contributed by atoms with E-state index in [1.54, 1.807) is 25.3 Å². The monoisotopic (exact) mass is 291 g/mol. The molecule has 0 heterocycles. The highest BCUT2D eigenvalue weighted by Crippen LogP contribution is 2.28. The van der Waals surface area contributed by atoms with Crippen molar-refractivity contribution in [3.8, 4) is 11.5 Å². The Morgan fingerprint density at radius 3 is 2.81 bits per heavy atom. The average molecular weight is 291 g/mol. The molecule has 0 aromatic heterocycles. The van der Waals surface area contributed by atoms with E-state index in [1.807, 2.05) is 6.92 Å². The van der Waals surface area contributed by atoms with Crippen molar-refractivity contribution in [2.24, 2.45) is 5.92 Å². The maximum Gasteiger partial charge on any atom is 0.251 e. The molecule has 0 aliphatic heterocycles. The summed E-state index contributed by atoms with van der Waals surface area (Å²) in [5, 5.41) is 3.14.